The van der Waals surface area contributed by atoms with Crippen molar-refractivity contribution in [1.29, 1.82) is 0 Å². The lowest BCUT2D eigenvalue weighted by Gasteiger charge is -2.32. The average Bonchev–Trinajstić information content (AvgIpc) is 2.72. The van der Waals surface area contributed by atoms with Gasteiger partial charge in [-0.1, -0.05) is 18.7 Å². The van der Waals surface area contributed by atoms with Gasteiger partial charge in [0.15, 0.2) is 5.17 Å². The Morgan fingerprint density at radius 3 is 2.94 bits per heavy atom. The third-order valence-electron chi connectivity index (χ3n) is 3.44. The Kier molecular flexibility index (Phi) is 4.70. The first-order chi connectivity index (χ1) is 8.28. The minimum Gasteiger partial charge on any atom is -0.382 e. The predicted molar refractivity (Wildman–Crippen MR) is 71.8 cm³/mol. The van der Waals surface area contributed by atoms with Gasteiger partial charge in [-0.25, -0.2) is 0 Å². The predicted octanol–water partition coefficient (Wildman–Crippen LogP) is 1.65. The Morgan fingerprint density at radius 1 is 1.53 bits per heavy atom. The van der Waals surface area contributed by atoms with Crippen molar-refractivity contribution >= 4 is 16.9 Å². The molecule has 0 radical (unpaired) electrons. The summed E-state index contributed by atoms with van der Waals surface area (Å²) in [6, 6.07) is 0.282. The van der Waals surface area contributed by atoms with Crippen LogP contribution >= 0.6 is 11.8 Å². The SMILES string of the molecule is CCC(COC)N=C1NC2(CCOCC2)CS1. The normalized spacial score (nSPS) is 27.3. The maximum atomic E-state index is 5.42. The summed E-state index contributed by atoms with van der Waals surface area (Å²) < 4.78 is 10.6. The van der Waals surface area contributed by atoms with Gasteiger partial charge < -0.3 is 14.8 Å². The molecule has 0 saturated carbocycles. The van der Waals surface area contributed by atoms with Crippen LogP contribution in [0.4, 0.5) is 0 Å². The Balaban J connectivity index is 1.93. The van der Waals surface area contributed by atoms with E-state index in [9.17, 15) is 0 Å². The zero-order chi connectivity index (χ0) is 12.1. The number of amidine groups is 1. The second kappa shape index (κ2) is 6.07. The van der Waals surface area contributed by atoms with Crippen molar-refractivity contribution in [1.82, 2.24) is 5.32 Å². The molecule has 0 bridgehead atoms. The van der Waals surface area contributed by atoms with Gasteiger partial charge in [0, 0.05) is 26.1 Å². The van der Waals surface area contributed by atoms with Crippen molar-refractivity contribution in [2.75, 3.05) is 32.7 Å². The summed E-state index contributed by atoms with van der Waals surface area (Å²) in [5, 5.41) is 4.70. The van der Waals surface area contributed by atoms with Crippen molar-refractivity contribution < 1.29 is 9.47 Å². The molecule has 0 aromatic carbocycles. The van der Waals surface area contributed by atoms with E-state index in [0.717, 1.165) is 43.4 Å². The molecule has 1 atom stereocenters. The van der Waals surface area contributed by atoms with E-state index in [1.165, 1.54) is 0 Å². The second-order valence-corrected chi connectivity index (χ2v) is 5.72. The number of thioether (sulfide) groups is 1. The van der Waals surface area contributed by atoms with E-state index in [-0.39, 0.29) is 11.6 Å². The molecule has 2 aliphatic heterocycles. The van der Waals surface area contributed by atoms with Crippen LogP contribution in [0.15, 0.2) is 4.99 Å². The van der Waals surface area contributed by atoms with Crippen LogP contribution in [-0.2, 0) is 9.47 Å². The molecule has 98 valence electrons. The molecule has 1 spiro atoms. The Hall–Kier alpha value is -0.260. The number of nitrogens with one attached hydrogen (secondary N) is 1. The lowest BCUT2D eigenvalue weighted by molar-refractivity contribution is 0.0555. The molecule has 0 aromatic rings. The minimum atomic E-state index is 0.243. The molecule has 0 aliphatic carbocycles. The van der Waals surface area contributed by atoms with E-state index in [1.54, 1.807) is 7.11 Å². The van der Waals surface area contributed by atoms with Gasteiger partial charge >= 0.3 is 0 Å². The van der Waals surface area contributed by atoms with Gasteiger partial charge in [0.25, 0.3) is 0 Å². The van der Waals surface area contributed by atoms with Gasteiger partial charge in [-0.3, -0.25) is 4.99 Å². The third-order valence-corrected chi connectivity index (χ3v) is 4.62. The van der Waals surface area contributed by atoms with Crippen LogP contribution in [0.2, 0.25) is 0 Å². The molecule has 1 N–H and O–H groups in total. The molecule has 5 heteroatoms. The van der Waals surface area contributed by atoms with Crippen molar-refractivity contribution in [3.8, 4) is 0 Å². The van der Waals surface area contributed by atoms with Gasteiger partial charge in [0.05, 0.1) is 18.2 Å². The number of aliphatic imine (C=N–C) groups is 1. The molecule has 0 aromatic heterocycles. The second-order valence-electron chi connectivity index (χ2n) is 4.76. The number of nitrogens with zero attached hydrogens (tertiary/aromatic N) is 1. The van der Waals surface area contributed by atoms with Crippen LogP contribution in [0.25, 0.3) is 0 Å². The summed E-state index contributed by atoms with van der Waals surface area (Å²) >= 11 is 1.85. The molecular formula is C12H22N2O2S. The fourth-order valence-corrected chi connectivity index (χ4v) is 3.50. The number of ether oxygens (including phenoxy) is 2. The maximum absolute atomic E-state index is 5.42. The summed E-state index contributed by atoms with van der Waals surface area (Å²) in [4.78, 5) is 4.74. The van der Waals surface area contributed by atoms with Crippen LogP contribution in [0, 0.1) is 0 Å². The summed E-state index contributed by atoms with van der Waals surface area (Å²) in [5.41, 5.74) is 0.243. The molecule has 2 heterocycles. The van der Waals surface area contributed by atoms with E-state index in [4.69, 9.17) is 14.5 Å². The highest BCUT2D eigenvalue weighted by atomic mass is 32.2. The van der Waals surface area contributed by atoms with Gasteiger partial charge in [-0.05, 0) is 19.3 Å². The minimum absolute atomic E-state index is 0.243. The van der Waals surface area contributed by atoms with Crippen LogP contribution in [-0.4, -0.2) is 49.4 Å². The highest BCUT2D eigenvalue weighted by molar-refractivity contribution is 8.14. The zero-order valence-corrected chi connectivity index (χ0v) is 11.5. The fourth-order valence-electron chi connectivity index (χ4n) is 2.21. The lowest BCUT2D eigenvalue weighted by atomic mass is 9.93. The molecule has 2 saturated heterocycles. The summed E-state index contributed by atoms with van der Waals surface area (Å²) in [7, 11) is 1.73. The Labute approximate surface area is 108 Å². The highest BCUT2D eigenvalue weighted by Gasteiger charge is 2.38. The number of rotatable bonds is 4. The maximum Gasteiger partial charge on any atom is 0.157 e. The first kappa shape index (κ1) is 13.2. The van der Waals surface area contributed by atoms with E-state index >= 15 is 0 Å². The summed E-state index contributed by atoms with van der Waals surface area (Å²) in [6.07, 6.45) is 3.22. The Morgan fingerprint density at radius 2 is 2.29 bits per heavy atom. The third kappa shape index (κ3) is 3.36. The topological polar surface area (TPSA) is 42.8 Å². The van der Waals surface area contributed by atoms with Crippen LogP contribution in [0.3, 0.4) is 0 Å². The molecule has 2 aliphatic rings. The molecule has 1 unspecified atom stereocenters. The monoisotopic (exact) mass is 258 g/mol. The standard InChI is InChI=1S/C12H22N2O2S/c1-3-10(8-15-2)13-11-14-12(9-17-11)4-6-16-7-5-12/h10H,3-9H2,1-2H3,(H,13,14). The summed E-state index contributed by atoms with van der Waals surface area (Å²) in [5.74, 6) is 1.12. The molecular weight excluding hydrogens is 236 g/mol. The molecule has 4 nitrogen and oxygen atoms in total. The highest BCUT2D eigenvalue weighted by Crippen LogP contribution is 2.32. The van der Waals surface area contributed by atoms with Gasteiger partial charge in [0.2, 0.25) is 0 Å². The van der Waals surface area contributed by atoms with Crippen LogP contribution in [0.5, 0.6) is 0 Å². The lowest BCUT2D eigenvalue weighted by Crippen LogP contribution is -2.48. The molecule has 17 heavy (non-hydrogen) atoms. The first-order valence-corrected chi connectivity index (χ1v) is 7.32. The van der Waals surface area contributed by atoms with E-state index in [1.807, 2.05) is 11.8 Å². The molecule has 2 rings (SSSR count). The van der Waals surface area contributed by atoms with E-state index < -0.39 is 0 Å². The van der Waals surface area contributed by atoms with Crippen LogP contribution in [0.1, 0.15) is 26.2 Å². The number of hydrogen-bond acceptors (Lipinski definition) is 4. The van der Waals surface area contributed by atoms with E-state index in [0.29, 0.717) is 6.61 Å². The summed E-state index contributed by atoms with van der Waals surface area (Å²) in [6.45, 7) is 4.60. The van der Waals surface area contributed by atoms with Gasteiger partial charge in [0.1, 0.15) is 0 Å². The number of methoxy groups -OCH3 is 1. The quantitative estimate of drug-likeness (QED) is 0.832. The van der Waals surface area contributed by atoms with Crippen molar-refractivity contribution in [3.05, 3.63) is 0 Å². The Bertz CT molecular complexity index is 278. The van der Waals surface area contributed by atoms with Crippen molar-refractivity contribution in [2.24, 2.45) is 4.99 Å². The average molecular weight is 258 g/mol. The molecule has 0 amide bonds. The van der Waals surface area contributed by atoms with Crippen molar-refractivity contribution in [2.45, 2.75) is 37.8 Å². The van der Waals surface area contributed by atoms with Crippen LogP contribution < -0.4 is 5.32 Å². The van der Waals surface area contributed by atoms with E-state index in [2.05, 4.69) is 12.2 Å². The fraction of sp³-hybridized carbons (Fsp3) is 0.917. The smallest absolute Gasteiger partial charge is 0.157 e. The molecule has 2 fully saturated rings. The van der Waals surface area contributed by atoms with Crippen molar-refractivity contribution in [3.63, 3.8) is 0 Å². The largest absolute Gasteiger partial charge is 0.382 e. The number of hydrogen-bond donors (Lipinski definition) is 1. The zero-order valence-electron chi connectivity index (χ0n) is 10.7. The first-order valence-electron chi connectivity index (χ1n) is 6.33. The van der Waals surface area contributed by atoms with Gasteiger partial charge in [-0.2, -0.15) is 0 Å². The van der Waals surface area contributed by atoms with Gasteiger partial charge in [-0.15, -0.1) is 0 Å².